The van der Waals surface area contributed by atoms with Crippen molar-refractivity contribution in [2.24, 2.45) is 0 Å². The Hall–Kier alpha value is -3.00. The predicted octanol–water partition coefficient (Wildman–Crippen LogP) is 2.47. The zero-order valence-corrected chi connectivity index (χ0v) is 13.4. The van der Waals surface area contributed by atoms with Gasteiger partial charge in [0.15, 0.2) is 17.5 Å². The number of nitrogens with one attached hydrogen (secondary N) is 1. The van der Waals surface area contributed by atoms with Crippen molar-refractivity contribution < 1.29 is 18.7 Å². The summed E-state index contributed by atoms with van der Waals surface area (Å²) in [5.41, 5.74) is 0.231. The number of rotatable bonds is 5. The van der Waals surface area contributed by atoms with E-state index in [4.69, 9.17) is 9.15 Å². The second-order valence-corrected chi connectivity index (χ2v) is 5.74. The second-order valence-electron chi connectivity index (χ2n) is 4.88. The van der Waals surface area contributed by atoms with Gasteiger partial charge in [-0.3, -0.25) is 14.9 Å². The number of Topliss-reactive ketones (excluding diaryl/α,β-unsaturated/α-hetero) is 1. The van der Waals surface area contributed by atoms with Crippen LogP contribution < -0.4 is 15.7 Å². The number of fused-ring (bicyclic) bond motifs is 1. The highest BCUT2D eigenvalue weighted by molar-refractivity contribution is 7.14. The van der Waals surface area contributed by atoms with Crippen molar-refractivity contribution in [3.8, 4) is 5.75 Å². The van der Waals surface area contributed by atoms with Crippen LogP contribution in [-0.2, 0) is 4.79 Å². The number of anilines is 1. The van der Waals surface area contributed by atoms with E-state index in [0.717, 1.165) is 16.7 Å². The molecule has 0 fully saturated rings. The lowest BCUT2D eigenvalue weighted by Crippen LogP contribution is -2.20. The van der Waals surface area contributed by atoms with Gasteiger partial charge in [-0.2, -0.15) is 0 Å². The molecule has 0 radical (unpaired) electrons. The Morgan fingerprint density at radius 3 is 2.83 bits per heavy atom. The van der Waals surface area contributed by atoms with E-state index in [-0.39, 0.29) is 12.4 Å². The second kappa shape index (κ2) is 6.63. The smallest absolute Gasteiger partial charge is 0.336 e. The van der Waals surface area contributed by atoms with Gasteiger partial charge in [-0.25, -0.2) is 9.78 Å². The Balaban J connectivity index is 1.63. The van der Waals surface area contributed by atoms with Gasteiger partial charge in [-0.15, -0.1) is 11.3 Å². The van der Waals surface area contributed by atoms with Crippen molar-refractivity contribution in [2.75, 3.05) is 11.9 Å². The molecule has 0 saturated carbocycles. The molecule has 0 unspecified atom stereocenters. The highest BCUT2D eigenvalue weighted by Gasteiger charge is 2.10. The van der Waals surface area contributed by atoms with Crippen LogP contribution in [0, 0.1) is 0 Å². The molecule has 2 heterocycles. The molecule has 0 atom stereocenters. The van der Waals surface area contributed by atoms with Crippen molar-refractivity contribution in [1.82, 2.24) is 4.98 Å². The minimum atomic E-state index is -0.456. The molecule has 0 spiro atoms. The van der Waals surface area contributed by atoms with E-state index in [1.165, 1.54) is 13.0 Å². The summed E-state index contributed by atoms with van der Waals surface area (Å²) < 4.78 is 10.4. The fraction of sp³-hybridized carbons (Fsp3) is 0.125. The zero-order chi connectivity index (χ0) is 17.1. The van der Waals surface area contributed by atoms with Gasteiger partial charge >= 0.3 is 5.63 Å². The summed E-state index contributed by atoms with van der Waals surface area (Å²) in [7, 11) is 0. The van der Waals surface area contributed by atoms with E-state index in [1.807, 2.05) is 0 Å². The molecular weight excluding hydrogens is 332 g/mol. The minimum absolute atomic E-state index is 0.166. The van der Waals surface area contributed by atoms with Crippen LogP contribution >= 0.6 is 11.3 Å². The topological polar surface area (TPSA) is 98.5 Å². The van der Waals surface area contributed by atoms with Gasteiger partial charge in [-0.1, -0.05) is 0 Å². The normalized spacial score (nSPS) is 10.5. The highest BCUT2D eigenvalue weighted by atomic mass is 32.1. The standard InChI is InChI=1S/C16H12N2O5S/c1-9(19)12-8-24-16(17-12)18-14(20)7-22-11-4-2-10-3-5-15(21)23-13(10)6-11/h2-6,8H,7H2,1H3,(H,17,18,20). The molecule has 0 bridgehead atoms. The number of thiazole rings is 1. The van der Waals surface area contributed by atoms with E-state index in [0.29, 0.717) is 22.2 Å². The predicted molar refractivity (Wildman–Crippen MR) is 88.7 cm³/mol. The lowest BCUT2D eigenvalue weighted by molar-refractivity contribution is -0.118. The summed E-state index contributed by atoms with van der Waals surface area (Å²) in [4.78, 5) is 38.2. The average molecular weight is 344 g/mol. The summed E-state index contributed by atoms with van der Waals surface area (Å²) >= 11 is 1.16. The average Bonchev–Trinajstić information content (AvgIpc) is 3.01. The van der Waals surface area contributed by atoms with Gasteiger partial charge in [-0.05, 0) is 18.2 Å². The van der Waals surface area contributed by atoms with Crippen LogP contribution in [0.2, 0.25) is 0 Å². The zero-order valence-electron chi connectivity index (χ0n) is 12.6. The fourth-order valence-corrected chi connectivity index (χ4v) is 2.69. The quantitative estimate of drug-likeness (QED) is 0.564. The fourth-order valence-electron chi connectivity index (χ4n) is 1.93. The van der Waals surface area contributed by atoms with Gasteiger partial charge < -0.3 is 9.15 Å². The van der Waals surface area contributed by atoms with Crippen molar-refractivity contribution in [3.05, 3.63) is 51.8 Å². The molecule has 0 aliphatic carbocycles. The highest BCUT2D eigenvalue weighted by Crippen LogP contribution is 2.20. The molecule has 1 aromatic carbocycles. The lowest BCUT2D eigenvalue weighted by atomic mass is 10.2. The number of carbonyl (C=O) groups is 2. The summed E-state index contributed by atoms with van der Waals surface area (Å²) in [6.45, 7) is 1.17. The summed E-state index contributed by atoms with van der Waals surface area (Å²) in [6.07, 6.45) is 0. The van der Waals surface area contributed by atoms with E-state index < -0.39 is 11.5 Å². The number of hydrogen-bond donors (Lipinski definition) is 1. The third kappa shape index (κ3) is 3.66. The molecule has 122 valence electrons. The molecule has 3 rings (SSSR count). The monoisotopic (exact) mass is 344 g/mol. The van der Waals surface area contributed by atoms with Gasteiger partial charge in [0.1, 0.15) is 17.0 Å². The first-order valence-corrected chi connectivity index (χ1v) is 7.82. The summed E-state index contributed by atoms with van der Waals surface area (Å²) in [5.74, 6) is -0.176. The third-order valence-corrected chi connectivity index (χ3v) is 3.83. The number of amides is 1. The first kappa shape index (κ1) is 15.9. The number of ketones is 1. The van der Waals surface area contributed by atoms with E-state index >= 15 is 0 Å². The van der Waals surface area contributed by atoms with Crippen LogP contribution in [0.1, 0.15) is 17.4 Å². The third-order valence-electron chi connectivity index (χ3n) is 3.08. The molecule has 1 amide bonds. The summed E-state index contributed by atoms with van der Waals surface area (Å²) in [5, 5.41) is 5.21. The van der Waals surface area contributed by atoms with E-state index in [1.54, 1.807) is 29.6 Å². The van der Waals surface area contributed by atoms with Gasteiger partial charge in [0, 0.05) is 29.8 Å². The SMILES string of the molecule is CC(=O)c1csc(NC(=O)COc2ccc3ccc(=O)oc3c2)n1. The van der Waals surface area contributed by atoms with Gasteiger partial charge in [0.2, 0.25) is 0 Å². The number of nitrogens with zero attached hydrogens (tertiary/aromatic N) is 1. The maximum absolute atomic E-state index is 11.9. The number of hydrogen-bond acceptors (Lipinski definition) is 7. The molecule has 0 aliphatic rings. The van der Waals surface area contributed by atoms with Crippen molar-refractivity contribution in [3.63, 3.8) is 0 Å². The van der Waals surface area contributed by atoms with Crippen LogP contribution in [0.4, 0.5) is 5.13 Å². The molecule has 1 N–H and O–H groups in total. The largest absolute Gasteiger partial charge is 0.484 e. The molecular formula is C16H12N2O5S. The van der Waals surface area contributed by atoms with Crippen LogP contribution in [-0.4, -0.2) is 23.3 Å². The minimum Gasteiger partial charge on any atom is -0.484 e. The Morgan fingerprint density at radius 2 is 2.08 bits per heavy atom. The maximum atomic E-state index is 11.9. The molecule has 2 aromatic heterocycles. The maximum Gasteiger partial charge on any atom is 0.336 e. The molecule has 0 saturated heterocycles. The molecule has 24 heavy (non-hydrogen) atoms. The number of benzene rings is 1. The van der Waals surface area contributed by atoms with E-state index in [9.17, 15) is 14.4 Å². The number of aromatic nitrogens is 1. The lowest BCUT2D eigenvalue weighted by Gasteiger charge is -2.06. The summed E-state index contributed by atoms with van der Waals surface area (Å²) in [6, 6.07) is 7.92. The van der Waals surface area contributed by atoms with Crippen LogP contribution in [0.15, 0.2) is 44.9 Å². The molecule has 8 heteroatoms. The van der Waals surface area contributed by atoms with E-state index in [2.05, 4.69) is 10.3 Å². The number of ether oxygens (including phenoxy) is 1. The first-order chi connectivity index (χ1) is 11.5. The molecule has 3 aromatic rings. The Labute approximate surface area is 139 Å². The molecule has 0 aliphatic heterocycles. The van der Waals surface area contributed by atoms with Crippen LogP contribution in [0.3, 0.4) is 0 Å². The number of carbonyl (C=O) groups excluding carboxylic acids is 2. The van der Waals surface area contributed by atoms with Crippen LogP contribution in [0.5, 0.6) is 5.75 Å². The Kier molecular flexibility index (Phi) is 4.39. The van der Waals surface area contributed by atoms with Crippen molar-refractivity contribution in [2.45, 2.75) is 6.92 Å². The van der Waals surface area contributed by atoms with Gasteiger partial charge in [0.05, 0.1) is 0 Å². The van der Waals surface area contributed by atoms with Crippen molar-refractivity contribution in [1.29, 1.82) is 0 Å². The van der Waals surface area contributed by atoms with Crippen molar-refractivity contribution >= 4 is 39.1 Å². The van der Waals surface area contributed by atoms with Crippen LogP contribution in [0.25, 0.3) is 11.0 Å². The molecule has 7 nitrogen and oxygen atoms in total. The Bertz CT molecular complexity index is 976. The Morgan fingerprint density at radius 1 is 1.29 bits per heavy atom. The van der Waals surface area contributed by atoms with Gasteiger partial charge in [0.25, 0.3) is 5.91 Å². The first-order valence-electron chi connectivity index (χ1n) is 6.94.